The monoisotopic (exact) mass is 498 g/mol. The summed E-state index contributed by atoms with van der Waals surface area (Å²) in [6.07, 6.45) is 2.67. The maximum absolute atomic E-state index is 5.63. The molecular weight excluding hydrogens is 467 g/mol. The Labute approximate surface area is 185 Å². The van der Waals surface area contributed by atoms with Gasteiger partial charge in [0, 0.05) is 45.1 Å². The van der Waals surface area contributed by atoms with Crippen LogP contribution in [0.5, 0.6) is 0 Å². The second-order valence-corrected chi connectivity index (χ2v) is 5.99. The average molecular weight is 498 g/mol. The molecule has 2 rings (SSSR count). The minimum Gasteiger partial charge on any atom is -0.379 e. The number of hydrogen-bond acceptors (Lipinski definition) is 4. The van der Waals surface area contributed by atoms with Crippen LogP contribution >= 0.6 is 24.0 Å². The van der Waals surface area contributed by atoms with Crippen LogP contribution < -0.4 is 10.6 Å². The van der Waals surface area contributed by atoms with Crippen molar-refractivity contribution in [1.29, 1.82) is 0 Å². The molecule has 0 atom stereocenters. The molecule has 0 aliphatic rings. The van der Waals surface area contributed by atoms with Crippen LogP contribution in [0, 0.1) is 0 Å². The minimum atomic E-state index is 0. The SMILES string of the molecule is CCOCCOCc1cccc(CNC(=NC)NCCc2ccccn2)c1.I. The van der Waals surface area contributed by atoms with Crippen LogP contribution in [0.25, 0.3) is 0 Å². The lowest BCUT2D eigenvalue weighted by Gasteiger charge is -2.12. The average Bonchev–Trinajstić information content (AvgIpc) is 2.71. The van der Waals surface area contributed by atoms with Gasteiger partial charge in [-0.15, -0.1) is 24.0 Å². The quantitative estimate of drug-likeness (QED) is 0.216. The third kappa shape index (κ3) is 10.0. The highest BCUT2D eigenvalue weighted by molar-refractivity contribution is 14.0. The lowest BCUT2D eigenvalue weighted by atomic mass is 10.1. The van der Waals surface area contributed by atoms with E-state index in [-0.39, 0.29) is 24.0 Å². The highest BCUT2D eigenvalue weighted by atomic mass is 127. The molecular formula is C21H31IN4O2. The predicted octanol–water partition coefficient (Wildman–Crippen LogP) is 3.16. The number of pyridine rings is 1. The van der Waals surface area contributed by atoms with E-state index in [0.717, 1.165) is 36.8 Å². The van der Waals surface area contributed by atoms with E-state index >= 15 is 0 Å². The van der Waals surface area contributed by atoms with E-state index < -0.39 is 0 Å². The lowest BCUT2D eigenvalue weighted by molar-refractivity contribution is 0.0453. The van der Waals surface area contributed by atoms with Gasteiger partial charge in [-0.1, -0.05) is 30.3 Å². The van der Waals surface area contributed by atoms with Crippen molar-refractivity contribution in [2.75, 3.05) is 33.4 Å². The van der Waals surface area contributed by atoms with E-state index in [1.54, 1.807) is 7.05 Å². The van der Waals surface area contributed by atoms with Crippen LogP contribution in [0.15, 0.2) is 53.7 Å². The van der Waals surface area contributed by atoms with Gasteiger partial charge < -0.3 is 20.1 Å². The van der Waals surface area contributed by atoms with Crippen LogP contribution in [0.3, 0.4) is 0 Å². The maximum Gasteiger partial charge on any atom is 0.191 e. The van der Waals surface area contributed by atoms with E-state index in [0.29, 0.717) is 26.4 Å². The molecule has 0 unspecified atom stereocenters. The first-order valence-corrected chi connectivity index (χ1v) is 9.39. The fraction of sp³-hybridized carbons (Fsp3) is 0.429. The van der Waals surface area contributed by atoms with Crippen molar-refractivity contribution in [3.8, 4) is 0 Å². The van der Waals surface area contributed by atoms with Gasteiger partial charge in [-0.2, -0.15) is 0 Å². The van der Waals surface area contributed by atoms with Crippen molar-refractivity contribution in [3.05, 3.63) is 65.5 Å². The second-order valence-electron chi connectivity index (χ2n) is 5.99. The fourth-order valence-electron chi connectivity index (χ4n) is 2.54. The summed E-state index contributed by atoms with van der Waals surface area (Å²) in [7, 11) is 1.78. The zero-order chi connectivity index (χ0) is 19.2. The van der Waals surface area contributed by atoms with Gasteiger partial charge in [0.05, 0.1) is 19.8 Å². The zero-order valence-electron chi connectivity index (χ0n) is 16.7. The smallest absolute Gasteiger partial charge is 0.191 e. The summed E-state index contributed by atoms with van der Waals surface area (Å²) < 4.78 is 10.9. The number of aromatic nitrogens is 1. The first kappa shape index (κ1) is 24.3. The molecule has 1 aromatic carbocycles. The number of hydrogen-bond donors (Lipinski definition) is 2. The summed E-state index contributed by atoms with van der Waals surface area (Å²) in [6, 6.07) is 14.3. The second kappa shape index (κ2) is 15.2. The molecule has 0 amide bonds. The summed E-state index contributed by atoms with van der Waals surface area (Å²) >= 11 is 0. The van der Waals surface area contributed by atoms with Gasteiger partial charge in [0.2, 0.25) is 0 Å². The maximum atomic E-state index is 5.63. The molecule has 0 bridgehead atoms. The zero-order valence-corrected chi connectivity index (χ0v) is 19.0. The largest absolute Gasteiger partial charge is 0.379 e. The van der Waals surface area contributed by atoms with Crippen molar-refractivity contribution < 1.29 is 9.47 Å². The Morgan fingerprint density at radius 1 is 1.04 bits per heavy atom. The van der Waals surface area contributed by atoms with Gasteiger partial charge in [-0.25, -0.2) is 0 Å². The van der Waals surface area contributed by atoms with Gasteiger partial charge in [-0.3, -0.25) is 9.98 Å². The molecule has 28 heavy (non-hydrogen) atoms. The Morgan fingerprint density at radius 3 is 2.61 bits per heavy atom. The Bertz CT molecular complexity index is 683. The molecule has 7 heteroatoms. The van der Waals surface area contributed by atoms with E-state index in [1.807, 2.05) is 31.3 Å². The number of nitrogens with zero attached hydrogens (tertiary/aromatic N) is 2. The van der Waals surface area contributed by atoms with Crippen LogP contribution in [0.1, 0.15) is 23.7 Å². The molecule has 0 aliphatic carbocycles. The van der Waals surface area contributed by atoms with E-state index in [2.05, 4.69) is 44.9 Å². The molecule has 6 nitrogen and oxygen atoms in total. The summed E-state index contributed by atoms with van der Waals surface area (Å²) in [5, 5.41) is 6.66. The molecule has 1 heterocycles. The summed E-state index contributed by atoms with van der Waals surface area (Å²) in [6.45, 7) is 6.04. The Hall–Kier alpha value is -1.71. The minimum absolute atomic E-state index is 0. The lowest BCUT2D eigenvalue weighted by Crippen LogP contribution is -2.37. The molecule has 0 radical (unpaired) electrons. The highest BCUT2D eigenvalue weighted by Crippen LogP contribution is 2.06. The standard InChI is InChI=1S/C21H30N4O2.HI/c1-3-26-13-14-27-17-19-8-6-7-18(15-19)16-25-21(22-2)24-12-10-20-9-4-5-11-23-20;/h4-9,11,15H,3,10,12-14,16-17H2,1-2H3,(H2,22,24,25);1H. The number of ether oxygens (including phenoxy) is 2. The summed E-state index contributed by atoms with van der Waals surface area (Å²) in [5.41, 5.74) is 3.41. The Kier molecular flexibility index (Phi) is 13.2. The van der Waals surface area contributed by atoms with Gasteiger partial charge in [0.1, 0.15) is 0 Å². The fourth-order valence-corrected chi connectivity index (χ4v) is 2.54. The van der Waals surface area contributed by atoms with Gasteiger partial charge in [-0.05, 0) is 30.2 Å². The molecule has 0 spiro atoms. The first-order chi connectivity index (χ1) is 13.3. The number of rotatable bonds is 11. The molecule has 0 saturated heterocycles. The van der Waals surface area contributed by atoms with Crippen molar-refractivity contribution in [1.82, 2.24) is 15.6 Å². The molecule has 154 valence electrons. The molecule has 1 aromatic heterocycles. The molecule has 0 fully saturated rings. The Balaban J connectivity index is 0.00000392. The summed E-state index contributed by atoms with van der Waals surface area (Å²) in [5.74, 6) is 0.782. The number of benzene rings is 1. The summed E-state index contributed by atoms with van der Waals surface area (Å²) in [4.78, 5) is 8.60. The van der Waals surface area contributed by atoms with Crippen molar-refractivity contribution >= 4 is 29.9 Å². The molecule has 2 aromatic rings. The van der Waals surface area contributed by atoms with E-state index in [1.165, 1.54) is 5.56 Å². The number of halogens is 1. The van der Waals surface area contributed by atoms with Crippen LogP contribution in [0.2, 0.25) is 0 Å². The van der Waals surface area contributed by atoms with Crippen molar-refractivity contribution in [3.63, 3.8) is 0 Å². The number of nitrogens with one attached hydrogen (secondary N) is 2. The highest BCUT2D eigenvalue weighted by Gasteiger charge is 2.01. The van der Waals surface area contributed by atoms with Crippen LogP contribution in [-0.2, 0) is 29.0 Å². The van der Waals surface area contributed by atoms with Crippen molar-refractivity contribution in [2.24, 2.45) is 4.99 Å². The van der Waals surface area contributed by atoms with Gasteiger partial charge >= 0.3 is 0 Å². The topological polar surface area (TPSA) is 67.8 Å². The van der Waals surface area contributed by atoms with Crippen LogP contribution in [-0.4, -0.2) is 44.4 Å². The van der Waals surface area contributed by atoms with E-state index in [4.69, 9.17) is 9.47 Å². The number of aliphatic imine (C=N–C) groups is 1. The third-order valence-electron chi connectivity index (χ3n) is 3.92. The van der Waals surface area contributed by atoms with Crippen molar-refractivity contribution in [2.45, 2.75) is 26.5 Å². The molecule has 0 saturated carbocycles. The number of guanidine groups is 1. The Morgan fingerprint density at radius 2 is 1.86 bits per heavy atom. The van der Waals surface area contributed by atoms with Gasteiger partial charge in [0.25, 0.3) is 0 Å². The first-order valence-electron chi connectivity index (χ1n) is 9.39. The van der Waals surface area contributed by atoms with Crippen LogP contribution in [0.4, 0.5) is 0 Å². The molecule has 0 aliphatic heterocycles. The van der Waals surface area contributed by atoms with Gasteiger partial charge in [0.15, 0.2) is 5.96 Å². The molecule has 2 N–H and O–H groups in total. The third-order valence-corrected chi connectivity index (χ3v) is 3.92. The normalized spacial score (nSPS) is 11.0. The predicted molar refractivity (Wildman–Crippen MR) is 124 cm³/mol. The van der Waals surface area contributed by atoms with E-state index in [9.17, 15) is 0 Å².